The molecular weight excluding hydrogens is 98.1 g/mol. The first-order chi connectivity index (χ1) is 3.00. The summed E-state index contributed by atoms with van der Waals surface area (Å²) >= 11 is 1.02. The lowest BCUT2D eigenvalue weighted by Crippen LogP contribution is -1.71. The standard InChI is InChI=1S/C3H2NOS/c1-2-4-6-5-3-1/h1-2H. The molecule has 0 amide bonds. The summed E-state index contributed by atoms with van der Waals surface area (Å²) in [6.45, 7) is 0. The van der Waals surface area contributed by atoms with E-state index >= 15 is 0 Å². The second-order valence-electron chi connectivity index (χ2n) is 0.697. The van der Waals surface area contributed by atoms with Crippen LogP contribution < -0.4 is 0 Å². The zero-order chi connectivity index (χ0) is 4.24. The van der Waals surface area contributed by atoms with Gasteiger partial charge in [-0.3, -0.25) is 0 Å². The minimum absolute atomic E-state index is 1.02. The van der Waals surface area contributed by atoms with Gasteiger partial charge in [0.15, 0.2) is 6.26 Å². The van der Waals surface area contributed by atoms with Gasteiger partial charge in [-0.15, -0.1) is 0 Å². The molecule has 1 rings (SSSR count). The van der Waals surface area contributed by atoms with Crippen LogP contribution in [0.5, 0.6) is 0 Å². The minimum Gasteiger partial charge on any atom is -0.400 e. The van der Waals surface area contributed by atoms with Crippen LogP contribution >= 0.6 is 12.2 Å². The Bertz CT molecular complexity index is 76.8. The van der Waals surface area contributed by atoms with E-state index in [9.17, 15) is 0 Å². The van der Waals surface area contributed by atoms with E-state index < -0.39 is 0 Å². The highest BCUT2D eigenvalue weighted by atomic mass is 32.2. The SMILES string of the molecule is [C]1=CC=NSO1. The Balaban J connectivity index is 2.46. The van der Waals surface area contributed by atoms with Crippen LogP contribution in [0.1, 0.15) is 0 Å². The molecular formula is C3H2NOS. The predicted molar refractivity (Wildman–Crippen MR) is 25.0 cm³/mol. The third kappa shape index (κ3) is 0.755. The van der Waals surface area contributed by atoms with Gasteiger partial charge in [-0.2, -0.15) is 4.40 Å². The van der Waals surface area contributed by atoms with Gasteiger partial charge in [0.05, 0.1) is 0 Å². The molecule has 0 bridgehead atoms. The van der Waals surface area contributed by atoms with E-state index in [-0.39, 0.29) is 0 Å². The lowest BCUT2D eigenvalue weighted by Gasteiger charge is -1.88. The second kappa shape index (κ2) is 1.87. The lowest BCUT2D eigenvalue weighted by atomic mass is 10.7. The van der Waals surface area contributed by atoms with E-state index in [2.05, 4.69) is 14.8 Å². The molecule has 6 heavy (non-hydrogen) atoms. The van der Waals surface area contributed by atoms with Crippen molar-refractivity contribution in [3.8, 4) is 0 Å². The molecule has 0 aliphatic carbocycles. The van der Waals surface area contributed by atoms with E-state index in [0.717, 1.165) is 12.2 Å². The Morgan fingerprint density at radius 3 is 3.00 bits per heavy atom. The molecule has 1 radical (unpaired) electrons. The summed E-state index contributed by atoms with van der Waals surface area (Å²) in [5.74, 6) is 0. The van der Waals surface area contributed by atoms with Crippen LogP contribution in [0.25, 0.3) is 0 Å². The van der Waals surface area contributed by atoms with Gasteiger partial charge in [0, 0.05) is 12.3 Å². The van der Waals surface area contributed by atoms with Crippen LogP contribution in [0.4, 0.5) is 0 Å². The highest BCUT2D eigenvalue weighted by Gasteiger charge is 1.80. The van der Waals surface area contributed by atoms with Gasteiger partial charge >= 0.3 is 0 Å². The molecule has 3 heteroatoms. The molecule has 2 nitrogen and oxygen atoms in total. The third-order valence-corrected chi connectivity index (χ3v) is 0.710. The van der Waals surface area contributed by atoms with Crippen molar-refractivity contribution in [2.24, 2.45) is 4.40 Å². The minimum atomic E-state index is 1.02. The molecule has 1 aliphatic rings. The maximum Gasteiger partial charge on any atom is 0.201 e. The lowest BCUT2D eigenvalue weighted by molar-refractivity contribution is 0.533. The molecule has 31 valence electrons. The van der Waals surface area contributed by atoms with Crippen LogP contribution in [-0.4, -0.2) is 6.21 Å². The van der Waals surface area contributed by atoms with Gasteiger partial charge < -0.3 is 4.18 Å². The summed E-state index contributed by atoms with van der Waals surface area (Å²) < 4.78 is 8.11. The molecule has 1 aliphatic heterocycles. The Morgan fingerprint density at radius 1 is 1.83 bits per heavy atom. The summed E-state index contributed by atoms with van der Waals surface area (Å²) in [5, 5.41) is 0. The highest BCUT2D eigenvalue weighted by Crippen LogP contribution is 2.04. The van der Waals surface area contributed by atoms with E-state index in [0.29, 0.717) is 0 Å². The van der Waals surface area contributed by atoms with Crippen molar-refractivity contribution in [2.75, 3.05) is 0 Å². The van der Waals surface area contributed by atoms with Crippen molar-refractivity contribution >= 4 is 18.4 Å². The molecule has 0 aromatic carbocycles. The van der Waals surface area contributed by atoms with Gasteiger partial charge in [0.25, 0.3) is 0 Å². The first-order valence-electron chi connectivity index (χ1n) is 1.43. The van der Waals surface area contributed by atoms with Gasteiger partial charge in [0.1, 0.15) is 0 Å². The normalized spacial score (nSPS) is 17.3. The third-order valence-electron chi connectivity index (χ3n) is 0.332. The predicted octanol–water partition coefficient (Wildman–Crippen LogP) is 0.967. The molecule has 0 atom stereocenters. The first kappa shape index (κ1) is 3.74. The Kier molecular flexibility index (Phi) is 1.17. The van der Waals surface area contributed by atoms with Crippen LogP contribution in [-0.2, 0) is 4.18 Å². The second-order valence-corrected chi connectivity index (χ2v) is 1.22. The summed E-state index contributed by atoms with van der Waals surface area (Å²) in [4.78, 5) is 0. The Labute approximate surface area is 40.3 Å². The molecule has 0 saturated heterocycles. The van der Waals surface area contributed by atoms with Gasteiger partial charge in [-0.25, -0.2) is 0 Å². The zero-order valence-electron chi connectivity index (χ0n) is 2.92. The Morgan fingerprint density at radius 2 is 2.83 bits per heavy atom. The molecule has 0 aromatic heterocycles. The molecule has 0 N–H and O–H groups in total. The van der Waals surface area contributed by atoms with Gasteiger partial charge in [-0.1, -0.05) is 0 Å². The van der Waals surface area contributed by atoms with Crippen LogP contribution in [0, 0.1) is 6.26 Å². The van der Waals surface area contributed by atoms with Crippen molar-refractivity contribution in [3.05, 3.63) is 12.3 Å². The summed E-state index contributed by atoms with van der Waals surface area (Å²) in [6.07, 6.45) is 5.70. The maximum absolute atomic E-state index is 4.48. The summed E-state index contributed by atoms with van der Waals surface area (Å²) in [5.41, 5.74) is 0. The van der Waals surface area contributed by atoms with Crippen LogP contribution in [0.15, 0.2) is 10.5 Å². The number of allylic oxidation sites excluding steroid dienone is 1. The van der Waals surface area contributed by atoms with Crippen molar-refractivity contribution < 1.29 is 4.18 Å². The van der Waals surface area contributed by atoms with Crippen molar-refractivity contribution in [1.82, 2.24) is 0 Å². The van der Waals surface area contributed by atoms with E-state index in [4.69, 9.17) is 0 Å². The average molecular weight is 100 g/mol. The number of hydrogen-bond acceptors (Lipinski definition) is 3. The number of hydrogen-bond donors (Lipinski definition) is 0. The Hall–Kier alpha value is -0.440. The van der Waals surface area contributed by atoms with Crippen LogP contribution in [0.3, 0.4) is 0 Å². The fourth-order valence-corrected chi connectivity index (χ4v) is 0.409. The fraction of sp³-hybridized carbons (Fsp3) is 0. The zero-order valence-corrected chi connectivity index (χ0v) is 3.73. The monoisotopic (exact) mass is 100.0 g/mol. The molecule has 0 fully saturated rings. The fourth-order valence-electron chi connectivity index (χ4n) is 0.157. The average Bonchev–Trinajstić information content (AvgIpc) is 1.72. The summed E-state index contributed by atoms with van der Waals surface area (Å²) in [7, 11) is 0. The number of rotatable bonds is 0. The summed E-state index contributed by atoms with van der Waals surface area (Å²) in [6, 6.07) is 0. The molecule has 0 aromatic rings. The molecule has 0 spiro atoms. The van der Waals surface area contributed by atoms with Gasteiger partial charge in [-0.05, 0) is 0 Å². The van der Waals surface area contributed by atoms with E-state index in [1.807, 2.05) is 0 Å². The van der Waals surface area contributed by atoms with Crippen LogP contribution in [0.2, 0.25) is 0 Å². The van der Waals surface area contributed by atoms with Crippen molar-refractivity contribution in [1.29, 1.82) is 0 Å². The van der Waals surface area contributed by atoms with Crippen molar-refractivity contribution in [3.63, 3.8) is 0 Å². The van der Waals surface area contributed by atoms with E-state index in [1.54, 1.807) is 12.3 Å². The molecule has 1 heterocycles. The highest BCUT2D eigenvalue weighted by molar-refractivity contribution is 7.93. The largest absolute Gasteiger partial charge is 0.400 e. The van der Waals surface area contributed by atoms with Crippen molar-refractivity contribution in [2.45, 2.75) is 0 Å². The molecule has 0 saturated carbocycles. The maximum atomic E-state index is 4.48. The first-order valence-corrected chi connectivity index (χ1v) is 2.13. The molecule has 0 unspecified atom stereocenters. The topological polar surface area (TPSA) is 21.6 Å². The smallest absolute Gasteiger partial charge is 0.201 e. The van der Waals surface area contributed by atoms with Gasteiger partial charge in [0.2, 0.25) is 12.2 Å². The van der Waals surface area contributed by atoms with E-state index in [1.165, 1.54) is 0 Å². The quantitative estimate of drug-likeness (QED) is 0.334. The number of nitrogens with zero attached hydrogens (tertiary/aromatic N) is 1.